The standard InChI is InChI=1S/C13H19N3O2/c1-13(12(15)17)3-4-16(8-13)10-5-9(14)6-11(7-10)18-2/h5-7H,3-4,8,14H2,1-2H3,(H2,15,17). The quantitative estimate of drug-likeness (QED) is 0.782. The van der Waals surface area contributed by atoms with Crippen molar-refractivity contribution in [2.75, 3.05) is 30.8 Å². The Kier molecular flexibility index (Phi) is 3.07. The Morgan fingerprint density at radius 3 is 2.72 bits per heavy atom. The lowest BCUT2D eigenvalue weighted by molar-refractivity contribution is -0.125. The average Bonchev–Trinajstić information content (AvgIpc) is 2.72. The van der Waals surface area contributed by atoms with E-state index in [2.05, 4.69) is 4.90 Å². The zero-order chi connectivity index (χ0) is 13.3. The van der Waals surface area contributed by atoms with E-state index in [-0.39, 0.29) is 5.91 Å². The molecule has 5 heteroatoms. The Hall–Kier alpha value is -1.91. The van der Waals surface area contributed by atoms with Crippen LogP contribution in [0.15, 0.2) is 18.2 Å². The molecule has 1 aliphatic heterocycles. The zero-order valence-electron chi connectivity index (χ0n) is 10.8. The smallest absolute Gasteiger partial charge is 0.225 e. The highest BCUT2D eigenvalue weighted by Gasteiger charge is 2.39. The van der Waals surface area contributed by atoms with Gasteiger partial charge in [-0.05, 0) is 19.4 Å². The summed E-state index contributed by atoms with van der Waals surface area (Å²) >= 11 is 0. The van der Waals surface area contributed by atoms with Gasteiger partial charge >= 0.3 is 0 Å². The number of rotatable bonds is 3. The molecule has 18 heavy (non-hydrogen) atoms. The molecule has 1 fully saturated rings. The summed E-state index contributed by atoms with van der Waals surface area (Å²) in [6, 6.07) is 5.57. The summed E-state index contributed by atoms with van der Waals surface area (Å²) in [5, 5.41) is 0. The van der Waals surface area contributed by atoms with E-state index in [0.717, 1.165) is 24.4 Å². The van der Waals surface area contributed by atoms with Crippen LogP contribution in [-0.4, -0.2) is 26.1 Å². The SMILES string of the molecule is COc1cc(N)cc(N2CCC(C)(C(N)=O)C2)c1. The third kappa shape index (κ3) is 2.20. The monoisotopic (exact) mass is 249 g/mol. The summed E-state index contributed by atoms with van der Waals surface area (Å²) in [5.41, 5.74) is 12.4. The van der Waals surface area contributed by atoms with Gasteiger partial charge in [-0.2, -0.15) is 0 Å². The van der Waals surface area contributed by atoms with E-state index in [4.69, 9.17) is 16.2 Å². The fraction of sp³-hybridized carbons (Fsp3) is 0.462. The molecule has 1 aromatic rings. The molecule has 4 N–H and O–H groups in total. The van der Waals surface area contributed by atoms with Crippen LogP contribution in [0.3, 0.4) is 0 Å². The van der Waals surface area contributed by atoms with E-state index < -0.39 is 5.41 Å². The molecule has 1 heterocycles. The van der Waals surface area contributed by atoms with Crippen LogP contribution in [0.4, 0.5) is 11.4 Å². The molecular weight excluding hydrogens is 230 g/mol. The molecule has 1 aromatic carbocycles. The maximum absolute atomic E-state index is 11.4. The van der Waals surface area contributed by atoms with Crippen molar-refractivity contribution < 1.29 is 9.53 Å². The topological polar surface area (TPSA) is 81.6 Å². The number of methoxy groups -OCH3 is 1. The highest BCUT2D eigenvalue weighted by molar-refractivity contribution is 5.82. The molecule has 1 saturated heterocycles. The number of amides is 1. The maximum Gasteiger partial charge on any atom is 0.225 e. The molecule has 0 aromatic heterocycles. The third-order valence-corrected chi connectivity index (χ3v) is 3.58. The number of carbonyl (C=O) groups is 1. The molecule has 0 aliphatic carbocycles. The second-order valence-electron chi connectivity index (χ2n) is 5.06. The molecule has 0 spiro atoms. The predicted octanol–water partition coefficient (Wildman–Crippen LogP) is 0.979. The maximum atomic E-state index is 11.4. The van der Waals surface area contributed by atoms with Gasteiger partial charge in [-0.15, -0.1) is 0 Å². The van der Waals surface area contributed by atoms with Crippen LogP contribution in [0.2, 0.25) is 0 Å². The summed E-state index contributed by atoms with van der Waals surface area (Å²) in [6.45, 7) is 3.32. The van der Waals surface area contributed by atoms with Crippen molar-refractivity contribution in [3.63, 3.8) is 0 Å². The Balaban J connectivity index is 2.24. The molecule has 5 nitrogen and oxygen atoms in total. The molecule has 2 rings (SSSR count). The Morgan fingerprint density at radius 1 is 1.44 bits per heavy atom. The first-order valence-corrected chi connectivity index (χ1v) is 5.94. The van der Waals surface area contributed by atoms with Crippen molar-refractivity contribution in [1.82, 2.24) is 0 Å². The van der Waals surface area contributed by atoms with E-state index in [0.29, 0.717) is 12.2 Å². The van der Waals surface area contributed by atoms with Crippen molar-refractivity contribution >= 4 is 17.3 Å². The van der Waals surface area contributed by atoms with Crippen LogP contribution in [0.1, 0.15) is 13.3 Å². The lowest BCUT2D eigenvalue weighted by atomic mass is 9.89. The highest BCUT2D eigenvalue weighted by Crippen LogP contribution is 2.35. The van der Waals surface area contributed by atoms with Crippen molar-refractivity contribution in [3.05, 3.63) is 18.2 Å². The first-order chi connectivity index (χ1) is 8.44. The van der Waals surface area contributed by atoms with Gasteiger partial charge < -0.3 is 21.1 Å². The molecule has 1 unspecified atom stereocenters. The van der Waals surface area contributed by atoms with Gasteiger partial charge in [-0.25, -0.2) is 0 Å². The second-order valence-corrected chi connectivity index (χ2v) is 5.06. The minimum atomic E-state index is -0.460. The number of nitrogens with zero attached hydrogens (tertiary/aromatic N) is 1. The number of benzene rings is 1. The van der Waals surface area contributed by atoms with Gasteiger partial charge in [0.1, 0.15) is 5.75 Å². The molecular formula is C13H19N3O2. The third-order valence-electron chi connectivity index (χ3n) is 3.58. The highest BCUT2D eigenvalue weighted by atomic mass is 16.5. The van der Waals surface area contributed by atoms with Crippen LogP contribution < -0.4 is 21.1 Å². The Morgan fingerprint density at radius 2 is 2.17 bits per heavy atom. The molecule has 0 saturated carbocycles. The van der Waals surface area contributed by atoms with Gasteiger partial charge in [-0.3, -0.25) is 4.79 Å². The Labute approximate surface area is 107 Å². The van der Waals surface area contributed by atoms with Gasteiger partial charge in [0.2, 0.25) is 5.91 Å². The molecule has 1 atom stereocenters. The number of ether oxygens (including phenoxy) is 1. The van der Waals surface area contributed by atoms with Crippen LogP contribution >= 0.6 is 0 Å². The normalized spacial score (nSPS) is 23.1. The number of anilines is 2. The zero-order valence-corrected chi connectivity index (χ0v) is 10.8. The van der Waals surface area contributed by atoms with E-state index in [1.807, 2.05) is 19.1 Å². The number of primary amides is 1. The van der Waals surface area contributed by atoms with E-state index in [1.54, 1.807) is 13.2 Å². The van der Waals surface area contributed by atoms with Crippen molar-refractivity contribution in [2.24, 2.45) is 11.1 Å². The number of hydrogen-bond acceptors (Lipinski definition) is 4. The number of nitrogen functional groups attached to an aromatic ring is 1. The minimum absolute atomic E-state index is 0.249. The van der Waals surface area contributed by atoms with Gasteiger partial charge in [-0.1, -0.05) is 0 Å². The summed E-state index contributed by atoms with van der Waals surface area (Å²) in [7, 11) is 1.61. The van der Waals surface area contributed by atoms with Gasteiger partial charge in [0.15, 0.2) is 0 Å². The molecule has 98 valence electrons. The van der Waals surface area contributed by atoms with Crippen LogP contribution in [0, 0.1) is 5.41 Å². The summed E-state index contributed by atoms with van der Waals surface area (Å²) in [4.78, 5) is 13.6. The second kappa shape index (κ2) is 4.40. The average molecular weight is 249 g/mol. The van der Waals surface area contributed by atoms with E-state index in [1.165, 1.54) is 0 Å². The molecule has 1 amide bonds. The van der Waals surface area contributed by atoms with Crippen molar-refractivity contribution in [2.45, 2.75) is 13.3 Å². The fourth-order valence-electron chi connectivity index (χ4n) is 2.29. The van der Waals surface area contributed by atoms with Crippen molar-refractivity contribution in [3.8, 4) is 5.75 Å². The van der Waals surface area contributed by atoms with Crippen LogP contribution in [0.25, 0.3) is 0 Å². The first kappa shape index (κ1) is 12.5. The van der Waals surface area contributed by atoms with Crippen molar-refractivity contribution in [1.29, 1.82) is 0 Å². The van der Waals surface area contributed by atoms with Gasteiger partial charge in [0.05, 0.1) is 12.5 Å². The lowest BCUT2D eigenvalue weighted by Crippen LogP contribution is -2.37. The van der Waals surface area contributed by atoms with Gasteiger partial charge in [0, 0.05) is 36.6 Å². The molecule has 0 radical (unpaired) electrons. The number of nitrogens with two attached hydrogens (primary N) is 2. The fourth-order valence-corrected chi connectivity index (χ4v) is 2.29. The Bertz CT molecular complexity index is 475. The lowest BCUT2D eigenvalue weighted by Gasteiger charge is -2.23. The summed E-state index contributed by atoms with van der Waals surface area (Å²) < 4.78 is 5.20. The first-order valence-electron chi connectivity index (χ1n) is 5.94. The summed E-state index contributed by atoms with van der Waals surface area (Å²) in [6.07, 6.45) is 0.763. The minimum Gasteiger partial charge on any atom is -0.497 e. The summed E-state index contributed by atoms with van der Waals surface area (Å²) in [5.74, 6) is 0.471. The van der Waals surface area contributed by atoms with Gasteiger partial charge in [0.25, 0.3) is 0 Å². The number of hydrogen-bond donors (Lipinski definition) is 2. The molecule has 1 aliphatic rings. The largest absolute Gasteiger partial charge is 0.497 e. The molecule has 0 bridgehead atoms. The van der Waals surface area contributed by atoms with Crippen LogP contribution in [-0.2, 0) is 4.79 Å². The van der Waals surface area contributed by atoms with Crippen LogP contribution in [0.5, 0.6) is 5.75 Å². The van der Waals surface area contributed by atoms with E-state index in [9.17, 15) is 4.79 Å². The van der Waals surface area contributed by atoms with E-state index >= 15 is 0 Å². The number of carbonyl (C=O) groups excluding carboxylic acids is 1. The predicted molar refractivity (Wildman–Crippen MR) is 71.5 cm³/mol.